The highest BCUT2D eigenvalue weighted by Gasteiger charge is 2.40. The summed E-state index contributed by atoms with van der Waals surface area (Å²) in [6.07, 6.45) is -0.315. The number of carbonyl (C=O) groups is 1. The first-order valence-electron chi connectivity index (χ1n) is 8.80. The van der Waals surface area contributed by atoms with Crippen LogP contribution in [-0.4, -0.2) is 48.7 Å². The number of hydrogen-bond acceptors (Lipinski definition) is 5. The maximum Gasteiger partial charge on any atom is 0.433 e. The van der Waals surface area contributed by atoms with E-state index in [0.29, 0.717) is 38.0 Å². The number of amides is 1. The van der Waals surface area contributed by atoms with Gasteiger partial charge in [-0.1, -0.05) is 0 Å². The van der Waals surface area contributed by atoms with Gasteiger partial charge < -0.3 is 15.0 Å². The second-order valence-electron chi connectivity index (χ2n) is 6.99. The Labute approximate surface area is 150 Å². The van der Waals surface area contributed by atoms with Gasteiger partial charge in [0.25, 0.3) is 0 Å². The van der Waals surface area contributed by atoms with Gasteiger partial charge in [-0.05, 0) is 37.2 Å². The summed E-state index contributed by atoms with van der Waals surface area (Å²) >= 11 is 0. The number of nitrogens with one attached hydrogen (secondary N) is 1. The van der Waals surface area contributed by atoms with Crippen LogP contribution in [0.2, 0.25) is 0 Å². The van der Waals surface area contributed by atoms with Gasteiger partial charge in [-0.25, -0.2) is 9.97 Å². The molecule has 3 atom stereocenters. The highest BCUT2D eigenvalue weighted by atomic mass is 19.4. The van der Waals surface area contributed by atoms with E-state index in [1.165, 1.54) is 0 Å². The molecule has 0 aromatic carbocycles. The average molecular weight is 372 g/mol. The number of fused-ring (bicyclic) bond motifs is 1. The molecular weight excluding hydrogens is 349 g/mol. The molecule has 1 amide bonds. The van der Waals surface area contributed by atoms with Crippen molar-refractivity contribution >= 4 is 11.9 Å². The molecule has 1 aliphatic carbocycles. The molecule has 144 valence electrons. The second-order valence-corrected chi connectivity index (χ2v) is 6.99. The van der Waals surface area contributed by atoms with Crippen LogP contribution < -0.4 is 10.2 Å². The van der Waals surface area contributed by atoms with Gasteiger partial charge in [0, 0.05) is 38.9 Å². The molecule has 0 bridgehead atoms. The standard InChI is InChI=1S/C17H23F3N4O2/c1-26-7-5-15(25)22-13-3-2-11-9-24(10-12(11)8-13)16-21-6-4-14(23-16)17(18,19)20/h4,6,11-13H,2-3,5,7-10H2,1H3,(H,22,25). The Morgan fingerprint density at radius 3 is 2.85 bits per heavy atom. The molecule has 9 heteroatoms. The summed E-state index contributed by atoms with van der Waals surface area (Å²) < 4.78 is 43.5. The number of rotatable bonds is 5. The summed E-state index contributed by atoms with van der Waals surface area (Å²) in [5.74, 6) is 0.844. The first-order chi connectivity index (χ1) is 12.4. The van der Waals surface area contributed by atoms with E-state index in [4.69, 9.17) is 4.74 Å². The quantitative estimate of drug-likeness (QED) is 0.859. The van der Waals surface area contributed by atoms with Gasteiger partial charge in [0.15, 0.2) is 0 Å². The zero-order valence-corrected chi connectivity index (χ0v) is 14.6. The Kier molecular flexibility index (Phi) is 5.64. The highest BCUT2D eigenvalue weighted by Crippen LogP contribution is 2.38. The fourth-order valence-corrected chi connectivity index (χ4v) is 3.88. The number of hydrogen-bond donors (Lipinski definition) is 1. The van der Waals surface area contributed by atoms with E-state index in [1.807, 2.05) is 4.90 Å². The number of halogens is 3. The van der Waals surface area contributed by atoms with Crippen molar-refractivity contribution in [3.05, 3.63) is 18.0 Å². The molecule has 1 aliphatic heterocycles. The first-order valence-corrected chi connectivity index (χ1v) is 8.80. The molecule has 2 heterocycles. The zero-order valence-electron chi connectivity index (χ0n) is 14.6. The van der Waals surface area contributed by atoms with Crippen LogP contribution in [0.15, 0.2) is 12.3 Å². The van der Waals surface area contributed by atoms with Crippen molar-refractivity contribution < 1.29 is 22.7 Å². The van der Waals surface area contributed by atoms with Crippen molar-refractivity contribution in [2.75, 3.05) is 31.7 Å². The average Bonchev–Trinajstić information content (AvgIpc) is 3.02. The number of carbonyl (C=O) groups excluding carboxylic acids is 1. The van der Waals surface area contributed by atoms with Crippen molar-refractivity contribution in [3.63, 3.8) is 0 Å². The normalized spacial score (nSPS) is 25.8. The van der Waals surface area contributed by atoms with E-state index in [0.717, 1.165) is 31.5 Å². The molecule has 1 aromatic heterocycles. The van der Waals surface area contributed by atoms with Crippen LogP contribution in [0.25, 0.3) is 0 Å². The predicted octanol–water partition coefficient (Wildman–Crippen LogP) is 2.25. The van der Waals surface area contributed by atoms with Crippen molar-refractivity contribution in [3.8, 4) is 0 Å². The van der Waals surface area contributed by atoms with E-state index in [9.17, 15) is 18.0 Å². The minimum atomic E-state index is -4.47. The second kappa shape index (κ2) is 7.77. The Morgan fingerprint density at radius 2 is 2.12 bits per heavy atom. The minimum absolute atomic E-state index is 0.0219. The number of anilines is 1. The molecule has 26 heavy (non-hydrogen) atoms. The van der Waals surface area contributed by atoms with Gasteiger partial charge in [0.2, 0.25) is 11.9 Å². The summed E-state index contributed by atoms with van der Waals surface area (Å²) in [7, 11) is 1.56. The third-order valence-electron chi connectivity index (χ3n) is 5.16. The Bertz CT molecular complexity index is 641. The van der Waals surface area contributed by atoms with Crippen LogP contribution in [0.3, 0.4) is 0 Å². The first kappa shape index (κ1) is 18.9. The van der Waals surface area contributed by atoms with Gasteiger partial charge in [-0.2, -0.15) is 13.2 Å². The lowest BCUT2D eigenvalue weighted by atomic mass is 9.79. The highest BCUT2D eigenvalue weighted by molar-refractivity contribution is 5.76. The van der Waals surface area contributed by atoms with Crippen LogP contribution in [0.1, 0.15) is 31.4 Å². The smallest absolute Gasteiger partial charge is 0.384 e. The van der Waals surface area contributed by atoms with Gasteiger partial charge in [0.1, 0.15) is 5.69 Å². The molecule has 3 rings (SSSR count). The van der Waals surface area contributed by atoms with E-state index >= 15 is 0 Å². The molecule has 2 aliphatic rings. The lowest BCUT2D eigenvalue weighted by Gasteiger charge is -2.31. The lowest BCUT2D eigenvalue weighted by molar-refractivity contribution is -0.141. The van der Waals surface area contributed by atoms with Crippen LogP contribution in [0, 0.1) is 11.8 Å². The topological polar surface area (TPSA) is 67.3 Å². The summed E-state index contributed by atoms with van der Waals surface area (Å²) in [4.78, 5) is 21.4. The summed E-state index contributed by atoms with van der Waals surface area (Å²) in [6.45, 7) is 1.68. The molecule has 1 saturated carbocycles. The lowest BCUT2D eigenvalue weighted by Crippen LogP contribution is -2.40. The van der Waals surface area contributed by atoms with Gasteiger partial charge >= 0.3 is 6.18 Å². The van der Waals surface area contributed by atoms with E-state index in [1.54, 1.807) is 7.11 Å². The van der Waals surface area contributed by atoms with Crippen LogP contribution >= 0.6 is 0 Å². The molecular formula is C17H23F3N4O2. The van der Waals surface area contributed by atoms with Crippen molar-refractivity contribution in [1.82, 2.24) is 15.3 Å². The van der Waals surface area contributed by atoms with Gasteiger partial charge in [-0.15, -0.1) is 0 Å². The largest absolute Gasteiger partial charge is 0.433 e. The third kappa shape index (κ3) is 4.44. The van der Waals surface area contributed by atoms with E-state index < -0.39 is 11.9 Å². The molecule has 1 saturated heterocycles. The minimum Gasteiger partial charge on any atom is -0.384 e. The summed E-state index contributed by atoms with van der Waals surface area (Å²) in [5.41, 5.74) is -0.916. The fraction of sp³-hybridized carbons (Fsp3) is 0.706. The van der Waals surface area contributed by atoms with Crippen molar-refractivity contribution in [2.24, 2.45) is 11.8 Å². The third-order valence-corrected chi connectivity index (χ3v) is 5.16. The number of methoxy groups -OCH3 is 1. The van der Waals surface area contributed by atoms with Gasteiger partial charge in [0.05, 0.1) is 6.61 Å². The Morgan fingerprint density at radius 1 is 1.35 bits per heavy atom. The van der Waals surface area contributed by atoms with Crippen molar-refractivity contribution in [1.29, 1.82) is 0 Å². The molecule has 0 radical (unpaired) electrons. The van der Waals surface area contributed by atoms with Crippen LogP contribution in [0.4, 0.5) is 19.1 Å². The monoisotopic (exact) mass is 372 g/mol. The van der Waals surface area contributed by atoms with Crippen molar-refractivity contribution in [2.45, 2.75) is 37.9 Å². The summed E-state index contributed by atoms with van der Waals surface area (Å²) in [5, 5.41) is 3.03. The molecule has 2 fully saturated rings. The Balaban J connectivity index is 1.59. The number of ether oxygens (including phenoxy) is 1. The number of nitrogens with zero attached hydrogens (tertiary/aromatic N) is 3. The fourth-order valence-electron chi connectivity index (χ4n) is 3.88. The maximum atomic E-state index is 12.9. The molecule has 1 aromatic rings. The van der Waals surface area contributed by atoms with Crippen LogP contribution in [-0.2, 0) is 15.7 Å². The molecule has 6 nitrogen and oxygen atoms in total. The molecule has 0 spiro atoms. The number of alkyl halides is 3. The van der Waals surface area contributed by atoms with Gasteiger partial charge in [-0.3, -0.25) is 4.79 Å². The van der Waals surface area contributed by atoms with E-state index in [2.05, 4.69) is 15.3 Å². The molecule has 1 N–H and O–H groups in total. The molecule has 3 unspecified atom stereocenters. The van der Waals surface area contributed by atoms with Crippen LogP contribution in [0.5, 0.6) is 0 Å². The number of aromatic nitrogens is 2. The zero-order chi connectivity index (χ0) is 18.7. The maximum absolute atomic E-state index is 12.9. The predicted molar refractivity (Wildman–Crippen MR) is 88.5 cm³/mol. The van der Waals surface area contributed by atoms with E-state index in [-0.39, 0.29) is 17.9 Å². The Hall–Kier alpha value is -1.90. The SMILES string of the molecule is COCCC(=O)NC1CCC2CN(c3nccc(C(F)(F)F)n3)CC2C1. The summed E-state index contributed by atoms with van der Waals surface area (Å²) in [6, 6.07) is 1.00.